The van der Waals surface area contributed by atoms with Crippen molar-refractivity contribution in [1.29, 1.82) is 0 Å². The number of aryl methyl sites for hydroxylation is 1. The quantitative estimate of drug-likeness (QED) is 0.546. The predicted molar refractivity (Wildman–Crippen MR) is 113 cm³/mol. The molecule has 3 fully saturated rings. The summed E-state index contributed by atoms with van der Waals surface area (Å²) in [6, 6.07) is 2.05. The molecule has 8 nitrogen and oxygen atoms in total. The van der Waals surface area contributed by atoms with E-state index in [2.05, 4.69) is 26.5 Å². The first-order chi connectivity index (χ1) is 14.3. The maximum Gasteiger partial charge on any atom is 0.407 e. The summed E-state index contributed by atoms with van der Waals surface area (Å²) in [5, 5.41) is 6.53. The van der Waals surface area contributed by atoms with Gasteiger partial charge in [-0.05, 0) is 69.9 Å². The highest BCUT2D eigenvalue weighted by Crippen LogP contribution is 2.36. The number of nitrogens with one attached hydrogen (secondary N) is 4. The molecule has 0 radical (unpaired) electrons. The van der Waals surface area contributed by atoms with Crippen molar-refractivity contribution in [2.24, 2.45) is 5.92 Å². The number of carbonyl (C=O) groups excluding carboxylic acids is 2. The van der Waals surface area contributed by atoms with Gasteiger partial charge < -0.3 is 15.4 Å². The van der Waals surface area contributed by atoms with E-state index in [1.807, 2.05) is 19.9 Å². The molecule has 2 heterocycles. The highest BCUT2D eigenvalue weighted by atomic mass is 35.5. The van der Waals surface area contributed by atoms with Crippen LogP contribution in [0.1, 0.15) is 56.7 Å². The fraction of sp³-hybridized carbons (Fsp3) is 0.667. The molecule has 1 saturated heterocycles. The van der Waals surface area contributed by atoms with Crippen molar-refractivity contribution in [3.63, 3.8) is 0 Å². The topological polar surface area (TPSA) is 104 Å². The minimum atomic E-state index is -0.297. The first-order valence-electron chi connectivity index (χ1n) is 10.7. The van der Waals surface area contributed by atoms with Crippen LogP contribution in [-0.4, -0.2) is 40.8 Å². The Balaban J connectivity index is 1.20. The van der Waals surface area contributed by atoms with Crippen LogP contribution in [0.25, 0.3) is 0 Å². The Morgan fingerprint density at radius 2 is 2.10 bits per heavy atom. The van der Waals surface area contributed by atoms with Crippen molar-refractivity contribution >= 4 is 23.6 Å². The van der Waals surface area contributed by atoms with Crippen molar-refractivity contribution in [2.75, 3.05) is 0 Å². The molecule has 4 N–H and O–H groups in total. The second-order valence-corrected chi connectivity index (χ2v) is 9.57. The number of carbonyl (C=O) groups is 2. The van der Waals surface area contributed by atoms with Gasteiger partial charge in [0, 0.05) is 17.8 Å². The molecule has 0 bridgehead atoms. The van der Waals surface area contributed by atoms with E-state index in [0.29, 0.717) is 10.9 Å². The Kier molecular flexibility index (Phi) is 6.18. The lowest BCUT2D eigenvalue weighted by Crippen LogP contribution is -2.45. The minimum Gasteiger partial charge on any atom is -0.446 e. The number of rotatable bonds is 6. The molecule has 30 heavy (non-hydrogen) atoms. The lowest BCUT2D eigenvalue weighted by atomic mass is 9.96. The van der Waals surface area contributed by atoms with Crippen LogP contribution >= 0.6 is 11.6 Å². The number of hydrazine groups is 1. The fourth-order valence-electron chi connectivity index (χ4n) is 4.32. The van der Waals surface area contributed by atoms with E-state index in [0.717, 1.165) is 49.8 Å². The Labute approximate surface area is 181 Å². The van der Waals surface area contributed by atoms with Gasteiger partial charge in [-0.2, -0.15) is 0 Å². The van der Waals surface area contributed by atoms with E-state index in [1.54, 1.807) is 6.20 Å². The first-order valence-corrected chi connectivity index (χ1v) is 11.1. The molecule has 1 aromatic rings. The third kappa shape index (κ3) is 5.42. The highest BCUT2D eigenvalue weighted by Gasteiger charge is 2.41. The highest BCUT2D eigenvalue weighted by molar-refractivity contribution is 6.30. The molecule has 3 aliphatic rings. The Hall–Kier alpha value is -1.90. The number of pyridine rings is 1. The van der Waals surface area contributed by atoms with Crippen molar-refractivity contribution in [2.45, 2.75) is 82.6 Å². The van der Waals surface area contributed by atoms with E-state index in [1.165, 1.54) is 0 Å². The van der Waals surface area contributed by atoms with Crippen LogP contribution in [0.2, 0.25) is 5.02 Å². The zero-order chi connectivity index (χ0) is 21.3. The number of hydrogen-bond acceptors (Lipinski definition) is 6. The summed E-state index contributed by atoms with van der Waals surface area (Å²) in [7, 11) is 0. The van der Waals surface area contributed by atoms with Gasteiger partial charge in [0.05, 0.1) is 23.3 Å². The molecular formula is C21H30ClN5O3. The summed E-state index contributed by atoms with van der Waals surface area (Å²) in [5.41, 5.74) is 8.06. The molecule has 0 spiro atoms. The maximum atomic E-state index is 12.4. The van der Waals surface area contributed by atoms with Crippen LogP contribution < -0.4 is 21.5 Å². The van der Waals surface area contributed by atoms with Gasteiger partial charge >= 0.3 is 6.09 Å². The van der Waals surface area contributed by atoms with Gasteiger partial charge in [-0.25, -0.2) is 10.2 Å². The van der Waals surface area contributed by atoms with Gasteiger partial charge in [-0.1, -0.05) is 11.6 Å². The second kappa shape index (κ2) is 8.69. The molecule has 2 saturated carbocycles. The largest absolute Gasteiger partial charge is 0.446 e. The molecule has 1 aliphatic heterocycles. The number of nitrogens with zero attached hydrogens (tertiary/aromatic N) is 1. The van der Waals surface area contributed by atoms with Crippen molar-refractivity contribution < 1.29 is 14.3 Å². The molecule has 2 amide bonds. The third-order valence-electron chi connectivity index (χ3n) is 6.42. The molecule has 4 atom stereocenters. The summed E-state index contributed by atoms with van der Waals surface area (Å²) < 4.78 is 5.61. The van der Waals surface area contributed by atoms with E-state index in [4.69, 9.17) is 16.3 Å². The van der Waals surface area contributed by atoms with Gasteiger partial charge in [0.15, 0.2) is 0 Å². The molecule has 0 aromatic carbocycles. The predicted octanol–water partition coefficient (Wildman–Crippen LogP) is 2.34. The van der Waals surface area contributed by atoms with Crippen molar-refractivity contribution in [3.05, 3.63) is 28.5 Å². The number of ether oxygens (including phenoxy) is 1. The minimum absolute atomic E-state index is 0.0354. The van der Waals surface area contributed by atoms with Crippen LogP contribution in [-0.2, 0) is 16.0 Å². The lowest BCUT2D eigenvalue weighted by Gasteiger charge is -2.19. The van der Waals surface area contributed by atoms with Gasteiger partial charge in [0.25, 0.3) is 0 Å². The fourth-order valence-corrected chi connectivity index (χ4v) is 4.53. The van der Waals surface area contributed by atoms with Gasteiger partial charge in [0.2, 0.25) is 5.91 Å². The number of amides is 2. The van der Waals surface area contributed by atoms with Crippen molar-refractivity contribution in [3.8, 4) is 0 Å². The summed E-state index contributed by atoms with van der Waals surface area (Å²) >= 11 is 5.93. The Morgan fingerprint density at radius 1 is 1.30 bits per heavy atom. The average Bonchev–Trinajstić information content (AvgIpc) is 3.07. The average molecular weight is 436 g/mol. The zero-order valence-electron chi connectivity index (χ0n) is 17.5. The van der Waals surface area contributed by atoms with Crippen LogP contribution in [0, 0.1) is 12.8 Å². The Bertz CT molecular complexity index is 816. The van der Waals surface area contributed by atoms with E-state index < -0.39 is 0 Å². The lowest BCUT2D eigenvalue weighted by molar-refractivity contribution is -0.121. The number of hydrogen-bond donors (Lipinski definition) is 4. The third-order valence-corrected chi connectivity index (χ3v) is 6.63. The van der Waals surface area contributed by atoms with E-state index in [-0.39, 0.29) is 42.3 Å². The number of alkyl carbamates (subject to hydrolysis) is 1. The zero-order valence-corrected chi connectivity index (χ0v) is 18.2. The molecular weight excluding hydrogens is 406 g/mol. The molecule has 164 valence electrons. The van der Waals surface area contributed by atoms with Crippen LogP contribution in [0.3, 0.4) is 0 Å². The van der Waals surface area contributed by atoms with Gasteiger partial charge in [-0.3, -0.25) is 15.2 Å². The van der Waals surface area contributed by atoms with Crippen LogP contribution in [0.15, 0.2) is 12.3 Å². The van der Waals surface area contributed by atoms with Gasteiger partial charge in [0.1, 0.15) is 6.10 Å². The molecule has 4 rings (SSSR count). The summed E-state index contributed by atoms with van der Waals surface area (Å²) in [4.78, 5) is 28.7. The van der Waals surface area contributed by atoms with Crippen LogP contribution in [0.5, 0.6) is 0 Å². The number of aromatic nitrogens is 1. The normalized spacial score (nSPS) is 29.4. The van der Waals surface area contributed by atoms with Crippen molar-refractivity contribution in [1.82, 2.24) is 26.5 Å². The van der Waals surface area contributed by atoms with E-state index in [9.17, 15) is 9.59 Å². The van der Waals surface area contributed by atoms with E-state index >= 15 is 0 Å². The SMILES string of the molecule is Cc1cc(Cl)cnc1CC(=O)NC1CC([C@H]2CC[C@@H](OC(=O)NC3(C)CC3)C2)NN1. The first kappa shape index (κ1) is 21.3. The smallest absolute Gasteiger partial charge is 0.407 e. The standard InChI is InChI=1S/C21H30ClN5O3/c1-12-7-14(22)11-23-16(12)10-19(28)24-18-9-17(26-27-18)13-3-4-15(8-13)30-20(29)25-21(2)5-6-21/h7,11,13,15,17-18,26-27H,3-6,8-10H2,1-2H3,(H,24,28)(H,25,29)/t13-,15+,17?,18?/m0/s1. The van der Waals surface area contributed by atoms with Gasteiger partial charge in [-0.15, -0.1) is 0 Å². The molecule has 2 unspecified atom stereocenters. The summed E-state index contributed by atoms with van der Waals surface area (Å²) in [6.07, 6.45) is 6.88. The summed E-state index contributed by atoms with van der Waals surface area (Å²) in [6.45, 7) is 3.94. The second-order valence-electron chi connectivity index (χ2n) is 9.13. The molecule has 9 heteroatoms. The maximum absolute atomic E-state index is 12.4. The van der Waals surface area contributed by atoms with Crippen LogP contribution in [0.4, 0.5) is 4.79 Å². The monoisotopic (exact) mass is 435 g/mol. The summed E-state index contributed by atoms with van der Waals surface area (Å²) in [5.74, 6) is 0.333. The number of halogens is 1. The molecule has 2 aliphatic carbocycles. The molecule has 1 aromatic heterocycles. The Morgan fingerprint density at radius 3 is 2.83 bits per heavy atom.